The molecule has 5 unspecified atom stereocenters. The number of hydrogen-bond acceptors (Lipinski definition) is 7. The number of carboxylic acids is 1. The van der Waals surface area contributed by atoms with Crippen molar-refractivity contribution >= 4 is 36.3 Å². The molecule has 0 heterocycles. The zero-order valence-corrected chi connectivity index (χ0v) is 18.4. The molecule has 0 aliphatic heterocycles. The lowest BCUT2D eigenvalue weighted by atomic mass is 10.0. The van der Waals surface area contributed by atoms with E-state index in [1.807, 2.05) is 0 Å². The Kier molecular flexibility index (Phi) is 11.8. The Labute approximate surface area is 176 Å². The third-order valence-electron chi connectivity index (χ3n) is 4.22. The summed E-state index contributed by atoms with van der Waals surface area (Å²) in [5.41, 5.74) is 5.76. The number of nitrogens with two attached hydrogens (primary N) is 1. The van der Waals surface area contributed by atoms with Crippen LogP contribution in [0.3, 0.4) is 0 Å². The molecule has 10 nitrogen and oxygen atoms in total. The van der Waals surface area contributed by atoms with Crippen molar-refractivity contribution in [3.8, 4) is 0 Å². The average Bonchev–Trinajstić information content (AvgIpc) is 2.61. The van der Waals surface area contributed by atoms with Gasteiger partial charge in [-0.1, -0.05) is 27.7 Å². The van der Waals surface area contributed by atoms with Crippen molar-refractivity contribution in [1.29, 1.82) is 0 Å². The lowest BCUT2D eigenvalue weighted by Gasteiger charge is -2.26. The van der Waals surface area contributed by atoms with E-state index in [4.69, 9.17) is 5.73 Å². The van der Waals surface area contributed by atoms with Gasteiger partial charge in [-0.05, 0) is 25.2 Å². The Bertz CT molecular complexity index is 585. The fraction of sp³-hybridized carbons (Fsp3) is 0.778. The molecule has 0 aromatic carbocycles. The maximum Gasteiger partial charge on any atom is 0.326 e. The number of amides is 3. The molecule has 5 atom stereocenters. The SMILES string of the molecule is CC(C)CC(NC(=O)C(NC(=O)C(CS)NC(=O)C(N)C(C)C)C(C)O)C(=O)O. The normalized spacial score (nSPS) is 16.5. The summed E-state index contributed by atoms with van der Waals surface area (Å²) in [4.78, 5) is 48.4. The van der Waals surface area contributed by atoms with Gasteiger partial charge in [0.05, 0.1) is 12.1 Å². The topological polar surface area (TPSA) is 171 Å². The van der Waals surface area contributed by atoms with Crippen LogP contribution >= 0.6 is 12.6 Å². The van der Waals surface area contributed by atoms with Crippen LogP contribution in [0.4, 0.5) is 0 Å². The summed E-state index contributed by atoms with van der Waals surface area (Å²) in [5, 5.41) is 26.3. The first-order valence-corrected chi connectivity index (χ1v) is 10.1. The fourth-order valence-electron chi connectivity index (χ4n) is 2.38. The van der Waals surface area contributed by atoms with Gasteiger partial charge in [0.1, 0.15) is 18.1 Å². The standard InChI is InChI=1S/C18H34N4O6S/c1-8(2)6-11(18(27)28)20-17(26)14(10(5)23)22-15(24)12(7-29)21-16(25)13(19)9(3)4/h8-14,23,29H,6-7,19H2,1-5H3,(H,20,26)(H,21,25)(H,22,24)(H,27,28). The van der Waals surface area contributed by atoms with E-state index in [9.17, 15) is 29.4 Å². The molecule has 0 aliphatic carbocycles. The highest BCUT2D eigenvalue weighted by Crippen LogP contribution is 2.06. The van der Waals surface area contributed by atoms with E-state index in [0.29, 0.717) is 0 Å². The quantitative estimate of drug-likeness (QED) is 0.190. The average molecular weight is 435 g/mol. The second-order valence-corrected chi connectivity index (χ2v) is 8.13. The molecule has 168 valence electrons. The first-order valence-electron chi connectivity index (χ1n) is 9.50. The second-order valence-electron chi connectivity index (χ2n) is 7.77. The Morgan fingerprint density at radius 3 is 1.79 bits per heavy atom. The minimum Gasteiger partial charge on any atom is -0.480 e. The minimum atomic E-state index is -1.41. The van der Waals surface area contributed by atoms with Crippen LogP contribution in [0.5, 0.6) is 0 Å². The minimum absolute atomic E-state index is 0.00457. The van der Waals surface area contributed by atoms with Gasteiger partial charge in [-0.2, -0.15) is 12.6 Å². The van der Waals surface area contributed by atoms with Crippen LogP contribution in [-0.4, -0.2) is 69.9 Å². The Morgan fingerprint density at radius 1 is 0.897 bits per heavy atom. The zero-order valence-electron chi connectivity index (χ0n) is 17.5. The Morgan fingerprint density at radius 2 is 1.41 bits per heavy atom. The number of thiol groups is 1. The van der Waals surface area contributed by atoms with Crippen LogP contribution in [0.15, 0.2) is 0 Å². The van der Waals surface area contributed by atoms with Crippen LogP contribution in [0, 0.1) is 11.8 Å². The number of carboxylic acid groups (broad SMARTS) is 1. The summed E-state index contributed by atoms with van der Waals surface area (Å²) in [6.07, 6.45) is -1.12. The molecule has 7 N–H and O–H groups in total. The molecule has 0 rings (SSSR count). The van der Waals surface area contributed by atoms with Crippen molar-refractivity contribution in [1.82, 2.24) is 16.0 Å². The molecule has 0 aromatic rings. The third kappa shape index (κ3) is 9.46. The number of carbonyl (C=O) groups is 4. The number of aliphatic hydroxyl groups is 1. The predicted molar refractivity (Wildman–Crippen MR) is 111 cm³/mol. The molecule has 0 fully saturated rings. The van der Waals surface area contributed by atoms with E-state index in [0.717, 1.165) is 0 Å². The number of carbonyl (C=O) groups excluding carboxylic acids is 3. The molecule has 0 aliphatic rings. The summed E-state index contributed by atoms with van der Waals surface area (Å²) >= 11 is 4.04. The van der Waals surface area contributed by atoms with Gasteiger partial charge < -0.3 is 31.9 Å². The van der Waals surface area contributed by atoms with E-state index in [-0.39, 0.29) is 24.0 Å². The number of hydrogen-bond donors (Lipinski definition) is 7. The molecular formula is C18H34N4O6S. The van der Waals surface area contributed by atoms with Crippen LogP contribution in [0.1, 0.15) is 41.0 Å². The summed E-state index contributed by atoms with van der Waals surface area (Å²) in [5.74, 6) is -3.57. The zero-order chi connectivity index (χ0) is 22.9. The van der Waals surface area contributed by atoms with Crippen molar-refractivity contribution in [2.75, 3.05) is 5.75 Å². The van der Waals surface area contributed by atoms with Gasteiger partial charge in [0.2, 0.25) is 17.7 Å². The van der Waals surface area contributed by atoms with E-state index in [1.165, 1.54) is 6.92 Å². The van der Waals surface area contributed by atoms with Gasteiger partial charge in [-0.15, -0.1) is 0 Å². The lowest BCUT2D eigenvalue weighted by Crippen LogP contribution is -2.60. The summed E-state index contributed by atoms with van der Waals surface area (Å²) in [6, 6.07) is -4.48. The molecule has 3 amide bonds. The van der Waals surface area contributed by atoms with Crippen molar-refractivity contribution in [2.24, 2.45) is 17.6 Å². The van der Waals surface area contributed by atoms with Gasteiger partial charge in [-0.3, -0.25) is 14.4 Å². The van der Waals surface area contributed by atoms with E-state index >= 15 is 0 Å². The first-order chi connectivity index (χ1) is 13.3. The van der Waals surface area contributed by atoms with Crippen LogP contribution in [0.25, 0.3) is 0 Å². The van der Waals surface area contributed by atoms with Crippen molar-refractivity contribution in [3.63, 3.8) is 0 Å². The largest absolute Gasteiger partial charge is 0.480 e. The molecule has 0 aromatic heterocycles. The highest BCUT2D eigenvalue weighted by atomic mass is 32.1. The monoisotopic (exact) mass is 434 g/mol. The highest BCUT2D eigenvalue weighted by Gasteiger charge is 2.32. The second kappa shape index (κ2) is 12.7. The number of aliphatic hydroxyl groups excluding tert-OH is 1. The number of nitrogens with one attached hydrogen (secondary N) is 3. The number of aliphatic carboxylic acids is 1. The van der Waals surface area contributed by atoms with Crippen LogP contribution in [0.2, 0.25) is 0 Å². The fourth-order valence-corrected chi connectivity index (χ4v) is 2.64. The number of rotatable bonds is 12. The maximum atomic E-state index is 12.5. The van der Waals surface area contributed by atoms with Gasteiger partial charge >= 0.3 is 5.97 Å². The predicted octanol–water partition coefficient (Wildman–Crippen LogP) is -1.13. The van der Waals surface area contributed by atoms with Crippen LogP contribution in [-0.2, 0) is 19.2 Å². The molecule has 11 heteroatoms. The molecule has 0 radical (unpaired) electrons. The maximum absolute atomic E-state index is 12.5. The summed E-state index contributed by atoms with van der Waals surface area (Å²) < 4.78 is 0. The van der Waals surface area contributed by atoms with Crippen LogP contribution < -0.4 is 21.7 Å². The van der Waals surface area contributed by atoms with Gasteiger partial charge in [0, 0.05) is 5.75 Å². The summed E-state index contributed by atoms with van der Waals surface area (Å²) in [7, 11) is 0. The van der Waals surface area contributed by atoms with E-state index in [1.54, 1.807) is 27.7 Å². The van der Waals surface area contributed by atoms with Gasteiger partial charge in [0.25, 0.3) is 0 Å². The highest BCUT2D eigenvalue weighted by molar-refractivity contribution is 7.80. The lowest BCUT2D eigenvalue weighted by molar-refractivity contribution is -0.143. The molecule has 0 saturated heterocycles. The smallest absolute Gasteiger partial charge is 0.326 e. The van der Waals surface area contributed by atoms with Crippen molar-refractivity contribution in [2.45, 2.75) is 71.3 Å². The Hall–Kier alpha value is -1.85. The van der Waals surface area contributed by atoms with E-state index in [2.05, 4.69) is 28.6 Å². The molecule has 0 spiro atoms. The third-order valence-corrected chi connectivity index (χ3v) is 4.59. The summed E-state index contributed by atoms with van der Waals surface area (Å²) in [6.45, 7) is 8.40. The Balaban J connectivity index is 5.20. The van der Waals surface area contributed by atoms with Gasteiger partial charge in [-0.25, -0.2) is 4.79 Å². The van der Waals surface area contributed by atoms with E-state index < -0.39 is 54.0 Å². The first kappa shape index (κ1) is 27.1. The molecule has 0 saturated carbocycles. The molecular weight excluding hydrogens is 400 g/mol. The van der Waals surface area contributed by atoms with Crippen molar-refractivity contribution in [3.05, 3.63) is 0 Å². The molecule has 29 heavy (non-hydrogen) atoms. The molecule has 0 bridgehead atoms. The van der Waals surface area contributed by atoms with Crippen molar-refractivity contribution < 1.29 is 29.4 Å². The van der Waals surface area contributed by atoms with Gasteiger partial charge in [0.15, 0.2) is 0 Å².